The lowest BCUT2D eigenvalue weighted by Crippen LogP contribution is -2.14. The number of anilines is 1. The number of ether oxygens (including phenoxy) is 1. The summed E-state index contributed by atoms with van der Waals surface area (Å²) in [6, 6.07) is 11.1. The molecular formula is C20H19ClN2O2. The van der Waals surface area contributed by atoms with Crippen LogP contribution >= 0.6 is 11.6 Å². The van der Waals surface area contributed by atoms with Crippen LogP contribution in [0.25, 0.3) is 6.08 Å². The van der Waals surface area contributed by atoms with Crippen LogP contribution in [0.4, 0.5) is 5.69 Å². The Labute approximate surface area is 152 Å². The number of halogens is 1. The Kier molecular flexibility index (Phi) is 5.84. The topological polar surface area (TPSA) is 62.1 Å². The zero-order valence-corrected chi connectivity index (χ0v) is 15.4. The average Bonchev–Trinajstić information content (AvgIpc) is 2.57. The predicted molar refractivity (Wildman–Crippen MR) is 101 cm³/mol. The van der Waals surface area contributed by atoms with Gasteiger partial charge in [0, 0.05) is 11.1 Å². The molecular weight excluding hydrogens is 336 g/mol. The van der Waals surface area contributed by atoms with Gasteiger partial charge in [0.2, 0.25) is 0 Å². The van der Waals surface area contributed by atoms with E-state index in [2.05, 4.69) is 5.32 Å². The number of hydrogen-bond acceptors (Lipinski definition) is 3. The minimum absolute atomic E-state index is 0.0154. The number of benzene rings is 2. The van der Waals surface area contributed by atoms with Crippen LogP contribution in [0.1, 0.15) is 22.3 Å². The van der Waals surface area contributed by atoms with Gasteiger partial charge in [0.15, 0.2) is 0 Å². The lowest BCUT2D eigenvalue weighted by molar-refractivity contribution is -0.112. The first-order valence-corrected chi connectivity index (χ1v) is 8.08. The van der Waals surface area contributed by atoms with Crippen LogP contribution < -0.4 is 10.1 Å². The van der Waals surface area contributed by atoms with Gasteiger partial charge in [-0.3, -0.25) is 4.79 Å². The van der Waals surface area contributed by atoms with E-state index in [1.54, 1.807) is 18.2 Å². The number of hydrogen-bond donors (Lipinski definition) is 1. The highest BCUT2D eigenvalue weighted by atomic mass is 35.5. The Morgan fingerprint density at radius 3 is 2.52 bits per heavy atom. The van der Waals surface area contributed by atoms with Crippen LogP contribution in [-0.2, 0) is 4.79 Å². The van der Waals surface area contributed by atoms with Gasteiger partial charge in [0.25, 0.3) is 5.91 Å². The summed E-state index contributed by atoms with van der Waals surface area (Å²) >= 11 is 6.07. The molecule has 0 bridgehead atoms. The van der Waals surface area contributed by atoms with Crippen molar-refractivity contribution < 1.29 is 9.53 Å². The third-order valence-corrected chi connectivity index (χ3v) is 4.23. The van der Waals surface area contributed by atoms with Gasteiger partial charge in [-0.25, -0.2) is 0 Å². The second-order valence-corrected chi connectivity index (χ2v) is 6.19. The van der Waals surface area contributed by atoms with Gasteiger partial charge in [-0.2, -0.15) is 5.26 Å². The molecule has 1 N–H and O–H groups in total. The second kappa shape index (κ2) is 7.87. The fourth-order valence-corrected chi connectivity index (χ4v) is 2.56. The smallest absolute Gasteiger partial charge is 0.266 e. The summed E-state index contributed by atoms with van der Waals surface area (Å²) in [6.45, 7) is 5.76. The second-order valence-electron chi connectivity index (χ2n) is 5.79. The molecule has 0 aliphatic heterocycles. The van der Waals surface area contributed by atoms with Crippen molar-refractivity contribution in [2.24, 2.45) is 0 Å². The van der Waals surface area contributed by atoms with Crippen molar-refractivity contribution in [1.82, 2.24) is 0 Å². The maximum absolute atomic E-state index is 12.5. The molecule has 25 heavy (non-hydrogen) atoms. The maximum Gasteiger partial charge on any atom is 0.266 e. The first-order chi connectivity index (χ1) is 11.8. The third kappa shape index (κ3) is 4.40. The Balaban J connectivity index is 2.34. The molecule has 0 aromatic heterocycles. The molecule has 0 atom stereocenters. The molecule has 2 rings (SSSR count). The number of carbonyl (C=O) groups is 1. The molecule has 4 nitrogen and oxygen atoms in total. The van der Waals surface area contributed by atoms with Crippen LogP contribution in [0.15, 0.2) is 35.9 Å². The van der Waals surface area contributed by atoms with Gasteiger partial charge in [-0.15, -0.1) is 0 Å². The SMILES string of the molecule is COc1cc(Cl)c(C)cc1NC(=O)/C(C#N)=C/c1ccc(C)cc1C. The van der Waals surface area contributed by atoms with E-state index in [1.165, 1.54) is 7.11 Å². The van der Waals surface area contributed by atoms with Gasteiger partial charge in [-0.1, -0.05) is 35.4 Å². The number of methoxy groups -OCH3 is 1. The van der Waals surface area contributed by atoms with E-state index in [0.29, 0.717) is 16.5 Å². The number of rotatable bonds is 4. The molecule has 1 amide bonds. The highest BCUT2D eigenvalue weighted by Crippen LogP contribution is 2.31. The highest BCUT2D eigenvalue weighted by molar-refractivity contribution is 6.31. The van der Waals surface area contributed by atoms with E-state index in [9.17, 15) is 10.1 Å². The highest BCUT2D eigenvalue weighted by Gasteiger charge is 2.14. The van der Waals surface area contributed by atoms with Gasteiger partial charge < -0.3 is 10.1 Å². The molecule has 128 valence electrons. The number of nitrogens with zero attached hydrogens (tertiary/aromatic N) is 1. The van der Waals surface area contributed by atoms with Crippen LogP contribution in [0.3, 0.4) is 0 Å². The molecule has 2 aromatic rings. The van der Waals surface area contributed by atoms with E-state index in [1.807, 2.05) is 45.0 Å². The molecule has 0 aliphatic rings. The van der Waals surface area contributed by atoms with Gasteiger partial charge in [0.05, 0.1) is 12.8 Å². The lowest BCUT2D eigenvalue weighted by atomic mass is 10.0. The first-order valence-electron chi connectivity index (χ1n) is 7.70. The normalized spacial score (nSPS) is 11.0. The zero-order valence-electron chi connectivity index (χ0n) is 14.6. The molecule has 2 aromatic carbocycles. The van der Waals surface area contributed by atoms with Crippen molar-refractivity contribution in [1.29, 1.82) is 5.26 Å². The van der Waals surface area contributed by atoms with E-state index < -0.39 is 5.91 Å². The Hall–Kier alpha value is -2.77. The molecule has 0 saturated heterocycles. The van der Waals surface area contributed by atoms with Crippen molar-refractivity contribution in [2.75, 3.05) is 12.4 Å². The lowest BCUT2D eigenvalue weighted by Gasteiger charge is -2.12. The Morgan fingerprint density at radius 1 is 1.20 bits per heavy atom. The minimum atomic E-state index is -0.498. The fourth-order valence-electron chi connectivity index (χ4n) is 2.41. The summed E-state index contributed by atoms with van der Waals surface area (Å²) < 4.78 is 5.24. The monoisotopic (exact) mass is 354 g/mol. The first kappa shape index (κ1) is 18.6. The number of amides is 1. The quantitative estimate of drug-likeness (QED) is 0.632. The summed E-state index contributed by atoms with van der Waals surface area (Å²) in [5.41, 5.74) is 4.24. The number of aryl methyl sites for hydroxylation is 3. The molecule has 0 fully saturated rings. The third-order valence-electron chi connectivity index (χ3n) is 3.82. The van der Waals surface area contributed by atoms with E-state index in [4.69, 9.17) is 16.3 Å². The summed E-state index contributed by atoms with van der Waals surface area (Å²) in [4.78, 5) is 12.5. The minimum Gasteiger partial charge on any atom is -0.495 e. The summed E-state index contributed by atoms with van der Waals surface area (Å²) in [5, 5.41) is 12.6. The van der Waals surface area contributed by atoms with Crippen molar-refractivity contribution in [2.45, 2.75) is 20.8 Å². The number of nitriles is 1. The average molecular weight is 355 g/mol. The maximum atomic E-state index is 12.5. The standard InChI is InChI=1S/C20H19ClN2O2/c1-12-5-6-15(13(2)7-12)9-16(11-22)20(24)23-18-8-14(3)17(21)10-19(18)25-4/h5-10H,1-4H3,(H,23,24)/b16-9+. The molecule has 0 spiro atoms. The van der Waals surface area contributed by atoms with E-state index in [-0.39, 0.29) is 5.57 Å². The number of nitrogens with one attached hydrogen (secondary N) is 1. The summed E-state index contributed by atoms with van der Waals surface area (Å²) in [7, 11) is 1.49. The zero-order chi connectivity index (χ0) is 18.6. The van der Waals surface area contributed by atoms with E-state index >= 15 is 0 Å². The largest absolute Gasteiger partial charge is 0.495 e. The summed E-state index contributed by atoms with van der Waals surface area (Å²) in [6.07, 6.45) is 1.58. The van der Waals surface area contributed by atoms with Crippen LogP contribution in [0.5, 0.6) is 5.75 Å². The Bertz CT molecular complexity index is 895. The van der Waals surface area contributed by atoms with Crippen LogP contribution in [0.2, 0.25) is 5.02 Å². The Morgan fingerprint density at radius 2 is 1.92 bits per heavy atom. The fraction of sp³-hybridized carbons (Fsp3) is 0.200. The summed E-state index contributed by atoms with van der Waals surface area (Å²) in [5.74, 6) is -0.0600. The van der Waals surface area contributed by atoms with Crippen LogP contribution in [0, 0.1) is 32.1 Å². The van der Waals surface area contributed by atoms with Crippen molar-refractivity contribution in [3.8, 4) is 11.8 Å². The van der Waals surface area contributed by atoms with Gasteiger partial charge in [-0.05, 0) is 49.6 Å². The molecule has 0 saturated carbocycles. The van der Waals surface area contributed by atoms with Gasteiger partial charge in [0.1, 0.15) is 17.4 Å². The van der Waals surface area contributed by atoms with Crippen molar-refractivity contribution in [3.63, 3.8) is 0 Å². The van der Waals surface area contributed by atoms with Crippen LogP contribution in [-0.4, -0.2) is 13.0 Å². The molecule has 0 radical (unpaired) electrons. The van der Waals surface area contributed by atoms with Crippen molar-refractivity contribution >= 4 is 29.3 Å². The molecule has 5 heteroatoms. The van der Waals surface area contributed by atoms with Gasteiger partial charge >= 0.3 is 0 Å². The molecule has 0 unspecified atom stereocenters. The van der Waals surface area contributed by atoms with E-state index in [0.717, 1.165) is 22.3 Å². The molecule has 0 heterocycles. The van der Waals surface area contributed by atoms with Crippen molar-refractivity contribution in [3.05, 3.63) is 63.2 Å². The predicted octanol–water partition coefficient (Wildman–Crippen LogP) is 4.82. The molecule has 0 aliphatic carbocycles. The number of carbonyl (C=O) groups excluding carboxylic acids is 1.